The van der Waals surface area contributed by atoms with Crippen molar-refractivity contribution < 1.29 is 23.9 Å². The van der Waals surface area contributed by atoms with Crippen LogP contribution in [-0.2, 0) is 9.59 Å². The predicted molar refractivity (Wildman–Crippen MR) is 162 cm³/mol. The summed E-state index contributed by atoms with van der Waals surface area (Å²) in [7, 11) is 3.14. The summed E-state index contributed by atoms with van der Waals surface area (Å²) in [5, 5.41) is 8.42. The molecule has 8 nitrogen and oxygen atoms in total. The average molecular weight is 568 g/mol. The quantitative estimate of drug-likeness (QED) is 0.155. The number of hydrogen-bond donors (Lipinski definition) is 3. The van der Waals surface area contributed by atoms with E-state index < -0.39 is 11.8 Å². The second-order valence-corrected chi connectivity index (χ2v) is 9.75. The van der Waals surface area contributed by atoms with Crippen molar-refractivity contribution in [1.82, 2.24) is 5.32 Å². The number of carbonyl (C=O) groups excluding carboxylic acids is 3. The number of rotatable bonds is 11. The highest BCUT2D eigenvalue weighted by atomic mass is 32.2. The summed E-state index contributed by atoms with van der Waals surface area (Å²) in [4.78, 5) is 39.5. The predicted octanol–water partition coefficient (Wildman–Crippen LogP) is 5.84. The minimum atomic E-state index is -0.503. The average Bonchev–Trinajstić information content (AvgIpc) is 3.00. The third kappa shape index (κ3) is 8.74. The fraction of sp³-hybridized carbons (Fsp3) is 0.0938. The highest BCUT2D eigenvalue weighted by molar-refractivity contribution is 8.00. The van der Waals surface area contributed by atoms with Gasteiger partial charge in [-0.15, -0.1) is 11.8 Å². The first-order valence-corrected chi connectivity index (χ1v) is 13.6. The van der Waals surface area contributed by atoms with Crippen LogP contribution in [0.5, 0.6) is 11.5 Å². The highest BCUT2D eigenvalue weighted by Crippen LogP contribution is 2.23. The standard InChI is InChI=1S/C32H29N3O5S/c1-39-26-16-14-24(15-17-26)33-30(36)21-41-28-13-7-11-25(20-28)34-32(38)29(19-22-8-6-12-27(18-22)40-2)35-31(37)23-9-4-3-5-10-23/h3-20H,21H2,1-2H3,(H,33,36)(H,34,38)(H,35,37)/b29-19-. The maximum Gasteiger partial charge on any atom is 0.272 e. The fourth-order valence-electron chi connectivity index (χ4n) is 3.72. The molecule has 0 unspecified atom stereocenters. The number of hydrogen-bond acceptors (Lipinski definition) is 6. The molecular weight excluding hydrogens is 538 g/mol. The van der Waals surface area contributed by atoms with Crippen LogP contribution >= 0.6 is 11.8 Å². The number of benzene rings is 4. The highest BCUT2D eigenvalue weighted by Gasteiger charge is 2.16. The lowest BCUT2D eigenvalue weighted by atomic mass is 10.1. The SMILES string of the molecule is COc1ccc(NC(=O)CSc2cccc(NC(=O)/C(=C/c3cccc(OC)c3)NC(=O)c3ccccc3)c2)cc1. The molecule has 0 aliphatic rings. The molecule has 0 aromatic heterocycles. The summed E-state index contributed by atoms with van der Waals surface area (Å²) in [5.41, 5.74) is 2.34. The molecule has 0 spiro atoms. The van der Waals surface area contributed by atoms with Crippen molar-refractivity contribution in [3.05, 3.63) is 120 Å². The molecule has 3 amide bonds. The molecule has 0 heterocycles. The van der Waals surface area contributed by atoms with Crippen LogP contribution in [0.1, 0.15) is 15.9 Å². The van der Waals surface area contributed by atoms with Crippen molar-refractivity contribution in [1.29, 1.82) is 0 Å². The molecule has 0 fully saturated rings. The van der Waals surface area contributed by atoms with Crippen LogP contribution in [-0.4, -0.2) is 37.7 Å². The Bertz CT molecular complexity index is 1540. The number of carbonyl (C=O) groups is 3. The molecule has 3 N–H and O–H groups in total. The maximum absolute atomic E-state index is 13.4. The van der Waals surface area contributed by atoms with Gasteiger partial charge in [0, 0.05) is 21.8 Å². The molecule has 4 aromatic rings. The van der Waals surface area contributed by atoms with E-state index in [-0.39, 0.29) is 17.4 Å². The third-order valence-electron chi connectivity index (χ3n) is 5.77. The molecule has 9 heteroatoms. The molecule has 208 valence electrons. The Morgan fingerprint density at radius 1 is 0.732 bits per heavy atom. The van der Waals surface area contributed by atoms with Gasteiger partial charge in [0.25, 0.3) is 11.8 Å². The molecule has 0 saturated heterocycles. The minimum Gasteiger partial charge on any atom is -0.497 e. The van der Waals surface area contributed by atoms with Gasteiger partial charge in [0.1, 0.15) is 17.2 Å². The van der Waals surface area contributed by atoms with Gasteiger partial charge in [-0.1, -0.05) is 36.4 Å². The third-order valence-corrected chi connectivity index (χ3v) is 6.76. The second kappa shape index (κ2) is 14.4. The first kappa shape index (κ1) is 29.0. The van der Waals surface area contributed by atoms with Gasteiger partial charge in [0.05, 0.1) is 20.0 Å². The topological polar surface area (TPSA) is 106 Å². The first-order valence-electron chi connectivity index (χ1n) is 12.6. The molecule has 0 saturated carbocycles. The second-order valence-electron chi connectivity index (χ2n) is 8.70. The van der Waals surface area contributed by atoms with Gasteiger partial charge in [-0.25, -0.2) is 0 Å². The zero-order chi connectivity index (χ0) is 29.0. The van der Waals surface area contributed by atoms with Gasteiger partial charge in [0.15, 0.2) is 0 Å². The molecule has 0 bridgehead atoms. The zero-order valence-corrected chi connectivity index (χ0v) is 23.4. The minimum absolute atomic E-state index is 0.0593. The smallest absolute Gasteiger partial charge is 0.272 e. The number of ether oxygens (including phenoxy) is 2. The lowest BCUT2D eigenvalue weighted by Gasteiger charge is -2.12. The Balaban J connectivity index is 1.44. The van der Waals surface area contributed by atoms with E-state index in [1.807, 2.05) is 12.1 Å². The van der Waals surface area contributed by atoms with Crippen LogP contribution in [0.4, 0.5) is 11.4 Å². The zero-order valence-electron chi connectivity index (χ0n) is 22.5. The lowest BCUT2D eigenvalue weighted by molar-refractivity contribution is -0.114. The van der Waals surface area contributed by atoms with Gasteiger partial charge in [-0.3, -0.25) is 14.4 Å². The number of nitrogens with one attached hydrogen (secondary N) is 3. The monoisotopic (exact) mass is 567 g/mol. The van der Waals surface area contributed by atoms with Crippen molar-refractivity contribution in [2.45, 2.75) is 4.90 Å². The number of methoxy groups -OCH3 is 2. The summed E-state index contributed by atoms with van der Waals surface area (Å²) < 4.78 is 10.4. The fourth-order valence-corrected chi connectivity index (χ4v) is 4.48. The largest absolute Gasteiger partial charge is 0.497 e. The van der Waals surface area contributed by atoms with Gasteiger partial charge >= 0.3 is 0 Å². The molecule has 4 rings (SSSR count). The van der Waals surface area contributed by atoms with Crippen LogP contribution in [0.15, 0.2) is 114 Å². The molecular formula is C32H29N3O5S. The van der Waals surface area contributed by atoms with Crippen molar-refractivity contribution in [2.75, 3.05) is 30.6 Å². The summed E-state index contributed by atoms with van der Waals surface area (Å²) in [5.74, 6) is 0.420. The van der Waals surface area contributed by atoms with Crippen molar-refractivity contribution in [3.63, 3.8) is 0 Å². The summed E-state index contributed by atoms with van der Waals surface area (Å²) in [6.07, 6.45) is 1.58. The maximum atomic E-state index is 13.4. The van der Waals surface area contributed by atoms with Gasteiger partial charge in [-0.2, -0.15) is 0 Å². The van der Waals surface area contributed by atoms with Crippen LogP contribution in [0.25, 0.3) is 6.08 Å². The molecule has 41 heavy (non-hydrogen) atoms. The molecule has 0 radical (unpaired) electrons. The van der Waals surface area contributed by atoms with E-state index in [9.17, 15) is 14.4 Å². The van der Waals surface area contributed by atoms with Gasteiger partial charge < -0.3 is 25.4 Å². The Labute approximate surface area is 242 Å². The van der Waals surface area contributed by atoms with E-state index in [0.29, 0.717) is 34.0 Å². The summed E-state index contributed by atoms with van der Waals surface area (Å²) in [6.45, 7) is 0. The van der Waals surface area contributed by atoms with Crippen LogP contribution in [0, 0.1) is 0 Å². The van der Waals surface area contributed by atoms with E-state index in [0.717, 1.165) is 4.90 Å². The van der Waals surface area contributed by atoms with Crippen LogP contribution in [0.2, 0.25) is 0 Å². The Morgan fingerprint density at radius 3 is 2.20 bits per heavy atom. The van der Waals surface area contributed by atoms with E-state index in [1.54, 1.807) is 111 Å². The Kier molecular flexibility index (Phi) is 10.2. The molecule has 0 aliphatic heterocycles. The Morgan fingerprint density at radius 2 is 1.46 bits per heavy atom. The molecule has 0 atom stereocenters. The number of amides is 3. The number of thioether (sulfide) groups is 1. The van der Waals surface area contributed by atoms with Crippen molar-refractivity contribution in [2.24, 2.45) is 0 Å². The summed E-state index contributed by atoms with van der Waals surface area (Å²) >= 11 is 1.33. The van der Waals surface area contributed by atoms with E-state index >= 15 is 0 Å². The first-order chi connectivity index (χ1) is 19.9. The summed E-state index contributed by atoms with van der Waals surface area (Å²) in [6, 6.07) is 30.0. The Hall–Kier alpha value is -5.02. The molecule has 0 aliphatic carbocycles. The van der Waals surface area contributed by atoms with Crippen molar-refractivity contribution in [3.8, 4) is 11.5 Å². The number of anilines is 2. The normalized spacial score (nSPS) is 10.8. The van der Waals surface area contributed by atoms with E-state index in [2.05, 4.69) is 16.0 Å². The van der Waals surface area contributed by atoms with Gasteiger partial charge in [0.2, 0.25) is 5.91 Å². The van der Waals surface area contributed by atoms with Crippen molar-refractivity contribution >= 4 is 46.9 Å². The lowest BCUT2D eigenvalue weighted by Crippen LogP contribution is -2.30. The van der Waals surface area contributed by atoms with Crippen LogP contribution in [0.3, 0.4) is 0 Å². The molecule has 4 aromatic carbocycles. The van der Waals surface area contributed by atoms with Crippen LogP contribution < -0.4 is 25.4 Å². The van der Waals surface area contributed by atoms with E-state index in [1.165, 1.54) is 11.8 Å². The van der Waals surface area contributed by atoms with Gasteiger partial charge in [-0.05, 0) is 78.4 Å². The van der Waals surface area contributed by atoms with E-state index in [4.69, 9.17) is 9.47 Å².